The molecule has 0 spiro atoms. The van der Waals surface area contributed by atoms with Gasteiger partial charge in [-0.15, -0.1) is 0 Å². The highest BCUT2D eigenvalue weighted by Gasteiger charge is 2.20. The zero-order valence-electron chi connectivity index (χ0n) is 9.52. The first kappa shape index (κ1) is 12.2. The molecule has 0 aromatic carbocycles. The average Bonchev–Trinajstić information content (AvgIpc) is 2.42. The SMILES string of the molecule is CC(=O)NC(CC(=O)O)c1cn(C)nc1C. The van der Waals surface area contributed by atoms with Crippen LogP contribution < -0.4 is 5.32 Å². The molecular formula is C10H15N3O3. The maximum absolute atomic E-state index is 11.0. The molecule has 1 atom stereocenters. The van der Waals surface area contributed by atoms with Crippen molar-refractivity contribution in [3.8, 4) is 0 Å². The Kier molecular flexibility index (Phi) is 3.65. The van der Waals surface area contributed by atoms with Crippen molar-refractivity contribution >= 4 is 11.9 Å². The number of carbonyl (C=O) groups excluding carboxylic acids is 1. The van der Waals surface area contributed by atoms with Crippen LogP contribution in [-0.2, 0) is 16.6 Å². The summed E-state index contributed by atoms with van der Waals surface area (Å²) in [7, 11) is 1.75. The van der Waals surface area contributed by atoms with E-state index in [1.807, 2.05) is 0 Å². The van der Waals surface area contributed by atoms with Gasteiger partial charge >= 0.3 is 5.97 Å². The van der Waals surface area contributed by atoms with Crippen LogP contribution in [-0.4, -0.2) is 26.8 Å². The van der Waals surface area contributed by atoms with Crippen LogP contribution in [0, 0.1) is 6.92 Å². The number of rotatable bonds is 4. The van der Waals surface area contributed by atoms with E-state index in [1.165, 1.54) is 6.92 Å². The molecule has 1 heterocycles. The summed E-state index contributed by atoms with van der Waals surface area (Å²) in [5.74, 6) is -1.21. The van der Waals surface area contributed by atoms with Gasteiger partial charge in [-0.05, 0) is 6.92 Å². The minimum atomic E-state index is -0.956. The summed E-state index contributed by atoms with van der Waals surface area (Å²) < 4.78 is 1.60. The Morgan fingerprint density at radius 1 is 1.62 bits per heavy atom. The lowest BCUT2D eigenvalue weighted by atomic mass is 10.1. The quantitative estimate of drug-likeness (QED) is 0.775. The minimum absolute atomic E-state index is 0.147. The third-order valence-electron chi connectivity index (χ3n) is 2.18. The summed E-state index contributed by atoms with van der Waals surface area (Å²) in [5.41, 5.74) is 1.46. The second-order valence-corrected chi connectivity index (χ2v) is 3.69. The smallest absolute Gasteiger partial charge is 0.305 e. The molecule has 6 heteroatoms. The van der Waals surface area contributed by atoms with Crippen LogP contribution in [0.3, 0.4) is 0 Å². The minimum Gasteiger partial charge on any atom is -0.481 e. The Morgan fingerprint density at radius 3 is 2.62 bits per heavy atom. The predicted molar refractivity (Wildman–Crippen MR) is 56.8 cm³/mol. The number of carboxylic acids is 1. The summed E-state index contributed by atoms with van der Waals surface area (Å²) in [6.07, 6.45) is 1.57. The Balaban J connectivity index is 2.95. The van der Waals surface area contributed by atoms with Gasteiger partial charge in [0, 0.05) is 25.7 Å². The van der Waals surface area contributed by atoms with Crippen molar-refractivity contribution in [1.29, 1.82) is 0 Å². The highest BCUT2D eigenvalue weighted by Crippen LogP contribution is 2.19. The number of aryl methyl sites for hydroxylation is 2. The Hall–Kier alpha value is -1.85. The van der Waals surface area contributed by atoms with Gasteiger partial charge in [-0.2, -0.15) is 5.10 Å². The fourth-order valence-electron chi connectivity index (χ4n) is 1.62. The first-order valence-electron chi connectivity index (χ1n) is 4.89. The molecule has 6 nitrogen and oxygen atoms in total. The van der Waals surface area contributed by atoms with E-state index in [0.29, 0.717) is 0 Å². The van der Waals surface area contributed by atoms with Gasteiger partial charge in [0.05, 0.1) is 18.2 Å². The first-order chi connectivity index (χ1) is 7.40. The molecule has 0 aliphatic carbocycles. The van der Waals surface area contributed by atoms with Gasteiger partial charge in [-0.3, -0.25) is 14.3 Å². The Bertz CT molecular complexity index is 395. The van der Waals surface area contributed by atoms with Crippen molar-refractivity contribution in [3.05, 3.63) is 17.5 Å². The maximum atomic E-state index is 11.0. The van der Waals surface area contributed by atoms with Crippen molar-refractivity contribution < 1.29 is 14.7 Å². The number of carboxylic acid groups (broad SMARTS) is 1. The van der Waals surface area contributed by atoms with Crippen LogP contribution in [0.4, 0.5) is 0 Å². The van der Waals surface area contributed by atoms with E-state index in [0.717, 1.165) is 11.3 Å². The highest BCUT2D eigenvalue weighted by atomic mass is 16.4. The average molecular weight is 225 g/mol. The normalized spacial score (nSPS) is 12.2. The molecule has 0 aliphatic heterocycles. The van der Waals surface area contributed by atoms with Crippen molar-refractivity contribution in [3.63, 3.8) is 0 Å². The van der Waals surface area contributed by atoms with E-state index in [9.17, 15) is 9.59 Å². The van der Waals surface area contributed by atoms with Crippen molar-refractivity contribution in [2.24, 2.45) is 7.05 Å². The maximum Gasteiger partial charge on any atom is 0.305 e. The van der Waals surface area contributed by atoms with Gasteiger partial charge in [0.25, 0.3) is 0 Å². The van der Waals surface area contributed by atoms with Crippen molar-refractivity contribution in [2.75, 3.05) is 0 Å². The van der Waals surface area contributed by atoms with E-state index < -0.39 is 12.0 Å². The van der Waals surface area contributed by atoms with Crippen molar-refractivity contribution in [2.45, 2.75) is 26.3 Å². The molecule has 0 radical (unpaired) electrons. The lowest BCUT2D eigenvalue weighted by Crippen LogP contribution is -2.28. The molecule has 1 rings (SSSR count). The summed E-state index contributed by atoms with van der Waals surface area (Å²) in [5, 5.41) is 15.5. The number of hydrogen-bond acceptors (Lipinski definition) is 3. The number of carbonyl (C=O) groups is 2. The molecule has 0 saturated carbocycles. The zero-order chi connectivity index (χ0) is 12.3. The summed E-state index contributed by atoms with van der Waals surface area (Å²) in [6, 6.07) is -0.524. The van der Waals surface area contributed by atoms with Gasteiger partial charge in [-0.25, -0.2) is 0 Å². The van der Waals surface area contributed by atoms with Crippen molar-refractivity contribution in [1.82, 2.24) is 15.1 Å². The molecule has 2 N–H and O–H groups in total. The first-order valence-corrected chi connectivity index (χ1v) is 4.89. The fourth-order valence-corrected chi connectivity index (χ4v) is 1.62. The summed E-state index contributed by atoms with van der Waals surface area (Å²) in [6.45, 7) is 3.15. The number of aromatic nitrogens is 2. The topological polar surface area (TPSA) is 84.2 Å². The monoisotopic (exact) mass is 225 g/mol. The predicted octanol–water partition coefficient (Wildman–Crippen LogP) is 0.380. The molecular weight excluding hydrogens is 210 g/mol. The molecule has 0 fully saturated rings. The molecule has 1 aromatic rings. The van der Waals surface area contributed by atoms with E-state index in [1.54, 1.807) is 24.9 Å². The molecule has 1 unspecified atom stereocenters. The number of nitrogens with zero attached hydrogens (tertiary/aromatic N) is 2. The molecule has 0 saturated heterocycles. The van der Waals surface area contributed by atoms with E-state index in [2.05, 4.69) is 10.4 Å². The second kappa shape index (κ2) is 4.78. The lowest BCUT2D eigenvalue weighted by Gasteiger charge is -2.14. The molecule has 1 amide bonds. The summed E-state index contributed by atoms with van der Waals surface area (Å²) >= 11 is 0. The molecule has 1 aromatic heterocycles. The Morgan fingerprint density at radius 2 is 2.25 bits per heavy atom. The molecule has 88 valence electrons. The summed E-state index contributed by atoms with van der Waals surface area (Å²) in [4.78, 5) is 21.7. The largest absolute Gasteiger partial charge is 0.481 e. The van der Waals surface area contributed by atoms with E-state index in [4.69, 9.17) is 5.11 Å². The number of aliphatic carboxylic acids is 1. The van der Waals surface area contributed by atoms with Crippen LogP contribution in [0.1, 0.15) is 30.6 Å². The van der Waals surface area contributed by atoms with Crippen LogP contribution in [0.5, 0.6) is 0 Å². The van der Waals surface area contributed by atoms with E-state index in [-0.39, 0.29) is 12.3 Å². The van der Waals surface area contributed by atoms with Crippen LogP contribution in [0.2, 0.25) is 0 Å². The third kappa shape index (κ3) is 3.08. The van der Waals surface area contributed by atoms with Crippen LogP contribution in [0.15, 0.2) is 6.20 Å². The number of hydrogen-bond donors (Lipinski definition) is 2. The zero-order valence-corrected chi connectivity index (χ0v) is 9.52. The molecule has 16 heavy (non-hydrogen) atoms. The number of amides is 1. The van der Waals surface area contributed by atoms with Gasteiger partial charge in [0.2, 0.25) is 5.91 Å². The highest BCUT2D eigenvalue weighted by molar-refractivity contribution is 5.75. The fraction of sp³-hybridized carbons (Fsp3) is 0.500. The van der Waals surface area contributed by atoms with Gasteiger partial charge < -0.3 is 10.4 Å². The van der Waals surface area contributed by atoms with Crippen LogP contribution >= 0.6 is 0 Å². The van der Waals surface area contributed by atoms with E-state index >= 15 is 0 Å². The van der Waals surface area contributed by atoms with Gasteiger partial charge in [-0.1, -0.05) is 0 Å². The lowest BCUT2D eigenvalue weighted by molar-refractivity contribution is -0.137. The standard InChI is InChI=1S/C10H15N3O3/c1-6-8(5-13(3)12-6)9(4-10(15)16)11-7(2)14/h5,9H,4H2,1-3H3,(H,11,14)(H,15,16). The number of nitrogens with one attached hydrogen (secondary N) is 1. The second-order valence-electron chi connectivity index (χ2n) is 3.69. The Labute approximate surface area is 93.3 Å². The van der Waals surface area contributed by atoms with Gasteiger partial charge in [0.15, 0.2) is 0 Å². The van der Waals surface area contributed by atoms with Crippen LogP contribution in [0.25, 0.3) is 0 Å². The molecule has 0 aliphatic rings. The third-order valence-corrected chi connectivity index (χ3v) is 2.18. The van der Waals surface area contributed by atoms with Gasteiger partial charge in [0.1, 0.15) is 0 Å². The molecule has 0 bridgehead atoms.